The van der Waals surface area contributed by atoms with Crippen LogP contribution in [0.5, 0.6) is 5.75 Å². The molecule has 1 aromatic carbocycles. The van der Waals surface area contributed by atoms with Crippen LogP contribution < -0.4 is 17.1 Å². The van der Waals surface area contributed by atoms with Crippen molar-refractivity contribution >= 4 is 18.1 Å². The molecule has 1 aromatic rings. The van der Waals surface area contributed by atoms with E-state index in [1.165, 1.54) is 0 Å². The van der Waals surface area contributed by atoms with E-state index in [9.17, 15) is 0 Å². The molecule has 0 saturated heterocycles. The summed E-state index contributed by atoms with van der Waals surface area (Å²) in [6.07, 6.45) is 0. The molecular formula is C7H8Cl2N2OZn. The number of methoxy groups -OCH3 is 1. The van der Waals surface area contributed by atoms with E-state index in [-0.39, 0.29) is 44.3 Å². The SMILES string of the molecule is COc1ccc([N+]#N)cc1.Cl.[Cl-].[Zn]. The quantitative estimate of drug-likeness (QED) is 0.515. The van der Waals surface area contributed by atoms with Gasteiger partial charge in [0.2, 0.25) is 5.39 Å². The van der Waals surface area contributed by atoms with E-state index in [4.69, 9.17) is 10.1 Å². The molecule has 0 bridgehead atoms. The predicted molar refractivity (Wildman–Crippen MR) is 45.0 cm³/mol. The summed E-state index contributed by atoms with van der Waals surface area (Å²) in [5, 5.41) is 8.29. The van der Waals surface area contributed by atoms with E-state index in [0.717, 1.165) is 5.75 Å². The number of hydrogen-bond acceptors (Lipinski definition) is 2. The fourth-order valence-corrected chi connectivity index (χ4v) is 0.649. The average Bonchev–Trinajstić information content (AvgIpc) is 2.05. The summed E-state index contributed by atoms with van der Waals surface area (Å²) in [7, 11) is 1.59. The van der Waals surface area contributed by atoms with Crippen molar-refractivity contribution in [1.29, 1.82) is 5.39 Å². The Morgan fingerprint density at radius 1 is 1.23 bits per heavy atom. The molecule has 6 heteroatoms. The van der Waals surface area contributed by atoms with Crippen LogP contribution in [0.2, 0.25) is 0 Å². The first-order chi connectivity index (χ1) is 4.86. The zero-order chi connectivity index (χ0) is 7.40. The second kappa shape index (κ2) is 9.73. The molecule has 0 saturated carbocycles. The minimum Gasteiger partial charge on any atom is -1.00 e. The maximum Gasteiger partial charge on any atom is 0.385 e. The van der Waals surface area contributed by atoms with Crippen LogP contribution >= 0.6 is 12.4 Å². The number of ether oxygens (including phenoxy) is 1. The molecule has 0 radical (unpaired) electrons. The molecule has 68 valence electrons. The number of hydrogen-bond donors (Lipinski definition) is 0. The van der Waals surface area contributed by atoms with E-state index in [0.29, 0.717) is 5.69 Å². The van der Waals surface area contributed by atoms with E-state index in [2.05, 4.69) is 4.98 Å². The molecule has 0 N–H and O–H groups in total. The van der Waals surface area contributed by atoms with Gasteiger partial charge in [0.25, 0.3) is 0 Å². The summed E-state index contributed by atoms with van der Waals surface area (Å²) in [6, 6.07) is 6.79. The topological polar surface area (TPSA) is 37.4 Å². The molecule has 0 amide bonds. The normalized spacial score (nSPS) is 6.46. The van der Waals surface area contributed by atoms with Crippen molar-refractivity contribution in [2.24, 2.45) is 0 Å². The Bertz CT molecular complexity index is 260. The fraction of sp³-hybridized carbons (Fsp3) is 0.143. The summed E-state index contributed by atoms with van der Waals surface area (Å²) in [4.78, 5) is 2.99. The van der Waals surface area contributed by atoms with Crippen LogP contribution in [0.25, 0.3) is 4.98 Å². The van der Waals surface area contributed by atoms with Crippen molar-refractivity contribution < 1.29 is 36.6 Å². The minimum atomic E-state index is 0. The molecule has 0 unspecified atom stereocenters. The number of halogens is 2. The molecule has 0 aromatic heterocycles. The smallest absolute Gasteiger partial charge is 0.385 e. The molecule has 3 nitrogen and oxygen atoms in total. The van der Waals surface area contributed by atoms with Gasteiger partial charge in [0, 0.05) is 31.6 Å². The maximum absolute atomic E-state index is 8.29. The van der Waals surface area contributed by atoms with Crippen molar-refractivity contribution in [3.05, 3.63) is 29.2 Å². The van der Waals surface area contributed by atoms with Gasteiger partial charge in [-0.2, -0.15) is 0 Å². The maximum atomic E-state index is 8.29. The Hall–Kier alpha value is -0.357. The van der Waals surface area contributed by atoms with E-state index < -0.39 is 0 Å². The van der Waals surface area contributed by atoms with Crippen LogP contribution in [0.1, 0.15) is 0 Å². The summed E-state index contributed by atoms with van der Waals surface area (Å²) in [5.74, 6) is 0.757. The second-order valence-corrected chi connectivity index (χ2v) is 1.80. The van der Waals surface area contributed by atoms with Crippen LogP contribution in [-0.4, -0.2) is 7.11 Å². The van der Waals surface area contributed by atoms with E-state index in [1.54, 1.807) is 31.4 Å². The molecule has 0 fully saturated rings. The van der Waals surface area contributed by atoms with Gasteiger partial charge >= 0.3 is 5.69 Å². The monoisotopic (exact) mass is 270 g/mol. The molecule has 0 heterocycles. The van der Waals surface area contributed by atoms with Gasteiger partial charge in [-0.25, -0.2) is 0 Å². The van der Waals surface area contributed by atoms with Gasteiger partial charge < -0.3 is 17.1 Å². The second-order valence-electron chi connectivity index (χ2n) is 1.80. The van der Waals surface area contributed by atoms with Crippen molar-refractivity contribution in [3.63, 3.8) is 0 Å². The summed E-state index contributed by atoms with van der Waals surface area (Å²) >= 11 is 0. The third kappa shape index (κ3) is 5.82. The number of rotatable bonds is 1. The average molecular weight is 272 g/mol. The predicted octanol–water partition coefficient (Wildman–Crippen LogP) is -0.397. The van der Waals surface area contributed by atoms with Gasteiger partial charge in [0.05, 0.1) is 7.11 Å². The Morgan fingerprint density at radius 3 is 2.00 bits per heavy atom. The first-order valence-corrected chi connectivity index (χ1v) is 2.86. The Morgan fingerprint density at radius 2 is 1.69 bits per heavy atom. The van der Waals surface area contributed by atoms with Crippen LogP contribution in [0.3, 0.4) is 0 Å². The van der Waals surface area contributed by atoms with Gasteiger partial charge in [-0.05, 0) is 12.1 Å². The third-order valence-corrected chi connectivity index (χ3v) is 1.19. The first kappa shape index (κ1) is 18.4. The molecule has 0 aliphatic carbocycles. The largest absolute Gasteiger partial charge is 1.00 e. The molecule has 13 heavy (non-hydrogen) atoms. The number of benzene rings is 1. The number of nitrogens with zero attached hydrogens (tertiary/aromatic N) is 2. The van der Waals surface area contributed by atoms with Crippen LogP contribution in [0, 0.1) is 5.39 Å². The molecule has 1 rings (SSSR count). The summed E-state index contributed by atoms with van der Waals surface area (Å²) in [5.41, 5.74) is 0.529. The van der Waals surface area contributed by atoms with Gasteiger partial charge in [-0.15, -0.1) is 12.4 Å². The Labute approximate surface area is 102 Å². The minimum absolute atomic E-state index is 0. The molecule has 0 atom stereocenters. The van der Waals surface area contributed by atoms with Crippen molar-refractivity contribution in [1.82, 2.24) is 0 Å². The number of diazo groups is 1. The third-order valence-electron chi connectivity index (χ3n) is 1.19. The van der Waals surface area contributed by atoms with Crippen LogP contribution in [0.15, 0.2) is 24.3 Å². The van der Waals surface area contributed by atoms with Crippen molar-refractivity contribution in [3.8, 4) is 5.75 Å². The standard InChI is InChI=1S/C7H7N2O.2ClH.Zn/c1-10-7-4-2-6(9-8)3-5-7;;;/h2-5H,1H3;2*1H;/q+1;;;/p-1. The Kier molecular flexibility index (Phi) is 13.8. The molecule has 0 spiro atoms. The summed E-state index contributed by atoms with van der Waals surface area (Å²) < 4.78 is 4.89. The summed E-state index contributed by atoms with van der Waals surface area (Å²) in [6.45, 7) is 0. The van der Waals surface area contributed by atoms with Crippen molar-refractivity contribution in [2.45, 2.75) is 0 Å². The Balaban J connectivity index is -0.000000333. The fourth-order valence-electron chi connectivity index (χ4n) is 0.649. The van der Waals surface area contributed by atoms with Gasteiger partial charge in [0.1, 0.15) is 5.75 Å². The van der Waals surface area contributed by atoms with E-state index >= 15 is 0 Å². The van der Waals surface area contributed by atoms with Crippen molar-refractivity contribution in [2.75, 3.05) is 7.11 Å². The van der Waals surface area contributed by atoms with Crippen LogP contribution in [-0.2, 0) is 19.5 Å². The molecule has 0 aliphatic rings. The van der Waals surface area contributed by atoms with Gasteiger partial charge in [-0.3, -0.25) is 0 Å². The van der Waals surface area contributed by atoms with Gasteiger partial charge in [-0.1, -0.05) is 0 Å². The van der Waals surface area contributed by atoms with Crippen LogP contribution in [0.4, 0.5) is 5.69 Å². The zero-order valence-electron chi connectivity index (χ0n) is 7.11. The first-order valence-electron chi connectivity index (χ1n) is 2.86. The molecule has 0 aliphatic heterocycles. The van der Waals surface area contributed by atoms with Gasteiger partial charge in [0.15, 0.2) is 4.98 Å². The zero-order valence-corrected chi connectivity index (χ0v) is 11.6. The molecular weight excluding hydrogens is 264 g/mol. The van der Waals surface area contributed by atoms with E-state index in [1.807, 2.05) is 0 Å².